The molecule has 0 amide bonds. The Kier molecular flexibility index (Phi) is 2.93. The van der Waals surface area contributed by atoms with Crippen LogP contribution in [0.5, 0.6) is 11.5 Å². The Bertz CT molecular complexity index is 630. The fraction of sp³-hybridized carbons (Fsp3) is 0.167. The van der Waals surface area contributed by atoms with Gasteiger partial charge in [-0.2, -0.15) is 0 Å². The molecule has 0 aliphatic rings. The van der Waals surface area contributed by atoms with Gasteiger partial charge in [0.05, 0.1) is 24.7 Å². The van der Waals surface area contributed by atoms with Crippen LogP contribution in [-0.2, 0) is 0 Å². The second kappa shape index (κ2) is 4.40. The summed E-state index contributed by atoms with van der Waals surface area (Å²) < 4.78 is 10.4. The Morgan fingerprint density at radius 2 is 2.06 bits per heavy atom. The van der Waals surface area contributed by atoms with Gasteiger partial charge in [0.2, 0.25) is 0 Å². The van der Waals surface area contributed by atoms with Gasteiger partial charge in [-0.1, -0.05) is 0 Å². The van der Waals surface area contributed by atoms with E-state index in [1.165, 1.54) is 14.2 Å². The first-order valence-corrected chi connectivity index (χ1v) is 5.16. The molecule has 0 bridgehead atoms. The Hall–Kier alpha value is -2.50. The van der Waals surface area contributed by atoms with Crippen molar-refractivity contribution in [2.75, 3.05) is 14.2 Å². The third-order valence-electron chi connectivity index (χ3n) is 2.72. The quantitative estimate of drug-likeness (QED) is 0.665. The van der Waals surface area contributed by atoms with Crippen LogP contribution in [0.15, 0.2) is 24.9 Å². The summed E-state index contributed by atoms with van der Waals surface area (Å²) in [4.78, 5) is 13.3. The number of methoxy groups -OCH3 is 2. The molecule has 18 heavy (non-hydrogen) atoms. The number of nitrogens with one attached hydrogen (secondary N) is 1. The molecule has 1 aromatic heterocycles. The molecular formula is C12H12N2O4. The highest BCUT2D eigenvalue weighted by atomic mass is 16.6. The van der Waals surface area contributed by atoms with Crippen LogP contribution in [0.25, 0.3) is 16.6 Å². The summed E-state index contributed by atoms with van der Waals surface area (Å²) in [5, 5.41) is 11.5. The molecule has 0 unspecified atom stereocenters. The number of hydrogen-bond acceptors (Lipinski definition) is 4. The van der Waals surface area contributed by atoms with Crippen LogP contribution in [-0.4, -0.2) is 24.1 Å². The molecule has 0 radical (unpaired) electrons. The smallest absolute Gasteiger partial charge is 0.273 e. The molecule has 0 atom stereocenters. The minimum Gasteiger partial charge on any atom is -0.496 e. The molecule has 1 heterocycles. The fourth-order valence-electron chi connectivity index (χ4n) is 1.89. The number of nitro groups is 1. The highest BCUT2D eigenvalue weighted by Gasteiger charge is 2.22. The highest BCUT2D eigenvalue weighted by molar-refractivity contribution is 5.96. The zero-order valence-electron chi connectivity index (χ0n) is 10.0. The third-order valence-corrected chi connectivity index (χ3v) is 2.72. The number of fused-ring (bicyclic) bond motifs is 1. The van der Waals surface area contributed by atoms with Crippen molar-refractivity contribution in [3.05, 3.63) is 40.6 Å². The maximum Gasteiger partial charge on any atom is 0.273 e. The highest BCUT2D eigenvalue weighted by Crippen LogP contribution is 2.38. The Balaban J connectivity index is 2.82. The van der Waals surface area contributed by atoms with E-state index in [4.69, 9.17) is 9.47 Å². The first kappa shape index (κ1) is 12.0. The first-order valence-electron chi connectivity index (χ1n) is 5.16. The van der Waals surface area contributed by atoms with E-state index in [1.807, 2.05) is 0 Å². The summed E-state index contributed by atoms with van der Waals surface area (Å²) in [5.41, 5.74) is 0.829. The number of hydrogen-bond donors (Lipinski definition) is 1. The van der Waals surface area contributed by atoms with Crippen LogP contribution < -0.4 is 9.47 Å². The lowest BCUT2D eigenvalue weighted by Crippen LogP contribution is -2.01. The molecular weight excluding hydrogens is 236 g/mol. The minimum absolute atomic E-state index is 0.209. The zero-order valence-corrected chi connectivity index (χ0v) is 10.0. The topological polar surface area (TPSA) is 77.4 Å². The van der Waals surface area contributed by atoms with Crippen molar-refractivity contribution in [2.24, 2.45) is 0 Å². The van der Waals surface area contributed by atoms with Crippen molar-refractivity contribution < 1.29 is 14.4 Å². The molecule has 0 saturated heterocycles. The van der Waals surface area contributed by atoms with E-state index in [9.17, 15) is 10.1 Å². The van der Waals surface area contributed by atoms with Crippen LogP contribution in [0.4, 0.5) is 0 Å². The number of nitrogens with zero attached hydrogens (tertiary/aromatic N) is 1. The molecule has 0 saturated carbocycles. The zero-order chi connectivity index (χ0) is 13.3. The van der Waals surface area contributed by atoms with Crippen molar-refractivity contribution in [3.63, 3.8) is 0 Å². The molecule has 2 aromatic rings. The molecule has 1 aromatic carbocycles. The van der Waals surface area contributed by atoms with Crippen molar-refractivity contribution >= 4 is 16.6 Å². The van der Waals surface area contributed by atoms with Crippen LogP contribution in [0.2, 0.25) is 0 Å². The number of rotatable bonds is 4. The summed E-state index contributed by atoms with van der Waals surface area (Å²) in [6.07, 6.45) is 1.68. The molecule has 6 heteroatoms. The molecule has 2 rings (SSSR count). The second-order valence-electron chi connectivity index (χ2n) is 3.63. The summed E-state index contributed by atoms with van der Waals surface area (Å²) >= 11 is 0. The summed E-state index contributed by atoms with van der Waals surface area (Å²) in [6, 6.07) is 3.33. The lowest BCUT2D eigenvalue weighted by atomic mass is 10.1. The van der Waals surface area contributed by atoms with Gasteiger partial charge in [-0.3, -0.25) is 10.1 Å². The molecule has 1 N–H and O–H groups in total. The monoisotopic (exact) mass is 248 g/mol. The first-order chi connectivity index (χ1) is 8.60. The number of aromatic nitrogens is 1. The SMILES string of the molecule is C=C(c1c(OC)cc(OC)c2[nH]ccc12)[N+](=O)[O-]. The van der Waals surface area contributed by atoms with Gasteiger partial charge in [0.15, 0.2) is 0 Å². The van der Waals surface area contributed by atoms with Gasteiger partial charge in [-0.15, -0.1) is 0 Å². The van der Waals surface area contributed by atoms with Crippen LogP contribution >= 0.6 is 0 Å². The maximum atomic E-state index is 10.9. The fourth-order valence-corrected chi connectivity index (χ4v) is 1.89. The normalized spacial score (nSPS) is 10.3. The van der Waals surface area contributed by atoms with Crippen molar-refractivity contribution in [2.45, 2.75) is 0 Å². The van der Waals surface area contributed by atoms with Gasteiger partial charge in [-0.05, 0) is 12.6 Å². The van der Waals surface area contributed by atoms with Gasteiger partial charge >= 0.3 is 0 Å². The second-order valence-corrected chi connectivity index (χ2v) is 3.63. The molecule has 0 spiro atoms. The van der Waals surface area contributed by atoms with E-state index in [-0.39, 0.29) is 5.70 Å². The van der Waals surface area contributed by atoms with Crippen LogP contribution in [0.1, 0.15) is 5.56 Å². The predicted octanol–water partition coefficient (Wildman–Crippen LogP) is 2.43. The largest absolute Gasteiger partial charge is 0.496 e. The lowest BCUT2D eigenvalue weighted by Gasteiger charge is -2.10. The summed E-state index contributed by atoms with van der Waals surface area (Å²) in [5.74, 6) is 0.924. The lowest BCUT2D eigenvalue weighted by molar-refractivity contribution is -0.374. The van der Waals surface area contributed by atoms with Gasteiger partial charge < -0.3 is 14.5 Å². The van der Waals surface area contributed by atoms with Gasteiger partial charge in [0.1, 0.15) is 17.1 Å². The van der Waals surface area contributed by atoms with E-state index >= 15 is 0 Å². The standard InChI is InChI=1S/C12H12N2O4/c1-7(14(15)16)11-8-4-5-13-12(8)10(18-3)6-9(11)17-2/h4-6,13H,1H2,2-3H3. The van der Waals surface area contributed by atoms with Gasteiger partial charge in [0, 0.05) is 17.6 Å². The molecule has 6 nitrogen and oxygen atoms in total. The van der Waals surface area contributed by atoms with Crippen LogP contribution in [0, 0.1) is 10.1 Å². The minimum atomic E-state index is -0.531. The van der Waals surface area contributed by atoms with E-state index in [1.54, 1.807) is 18.3 Å². The van der Waals surface area contributed by atoms with Crippen LogP contribution in [0.3, 0.4) is 0 Å². The van der Waals surface area contributed by atoms with Gasteiger partial charge in [0.25, 0.3) is 5.70 Å². The molecule has 0 aliphatic carbocycles. The molecule has 0 aliphatic heterocycles. The maximum absolute atomic E-state index is 10.9. The number of benzene rings is 1. The van der Waals surface area contributed by atoms with E-state index in [2.05, 4.69) is 11.6 Å². The summed E-state index contributed by atoms with van der Waals surface area (Å²) in [6.45, 7) is 3.48. The van der Waals surface area contributed by atoms with Gasteiger partial charge in [-0.25, -0.2) is 0 Å². The average molecular weight is 248 g/mol. The number of ether oxygens (including phenoxy) is 2. The number of H-pyrrole nitrogens is 1. The van der Waals surface area contributed by atoms with E-state index in [0.29, 0.717) is 28.0 Å². The van der Waals surface area contributed by atoms with E-state index in [0.717, 1.165) is 0 Å². The summed E-state index contributed by atoms with van der Waals surface area (Å²) in [7, 11) is 2.97. The predicted molar refractivity (Wildman–Crippen MR) is 67.4 cm³/mol. The van der Waals surface area contributed by atoms with E-state index < -0.39 is 4.92 Å². The van der Waals surface area contributed by atoms with Crippen molar-refractivity contribution in [1.29, 1.82) is 0 Å². The Morgan fingerprint density at radius 3 is 2.61 bits per heavy atom. The van der Waals surface area contributed by atoms with Crippen molar-refractivity contribution in [3.8, 4) is 11.5 Å². The number of aromatic amines is 1. The molecule has 0 fully saturated rings. The molecule has 94 valence electrons. The Morgan fingerprint density at radius 1 is 1.39 bits per heavy atom. The van der Waals surface area contributed by atoms with Crippen molar-refractivity contribution in [1.82, 2.24) is 4.98 Å². The Labute approximate surface area is 103 Å². The third kappa shape index (κ3) is 1.67. The average Bonchev–Trinajstić information content (AvgIpc) is 2.84.